The number of allylic oxidation sites excluding steroid dienone is 2. The topological polar surface area (TPSA) is 20.3 Å². The number of rotatable bonds is 17. The van der Waals surface area contributed by atoms with Crippen LogP contribution in [0.1, 0.15) is 120 Å². The van der Waals surface area contributed by atoms with Crippen molar-refractivity contribution in [3.05, 3.63) is 83.9 Å². The van der Waals surface area contributed by atoms with Crippen LogP contribution in [-0.4, -0.2) is 17.4 Å². The van der Waals surface area contributed by atoms with Gasteiger partial charge in [-0.25, -0.2) is 0 Å². The molecule has 0 spiro atoms. The monoisotopic (exact) mass is 473 g/mol. The Morgan fingerprint density at radius 3 is 1.83 bits per heavy atom. The quantitative estimate of drug-likeness (QED) is 0.165. The molecular weight excluding hydrogens is 426 g/mol. The minimum atomic E-state index is 0.175. The summed E-state index contributed by atoms with van der Waals surface area (Å²) in [7, 11) is 0. The maximum absolute atomic E-state index is 13.0. The van der Waals surface area contributed by atoms with Crippen molar-refractivity contribution in [2.45, 2.75) is 109 Å². The first-order chi connectivity index (χ1) is 17.3. The standard InChI is InChI=1S/C33H47NO/c1-2-3-4-5-6-7-8-9-10-11-12-13-14-15-22-27-32(35)34-28-31(29-23-18-16-19-24-29)33(34)30-25-20-17-21-26-30/h9-10,16-21,23-26,31,33H,2-8,11-15,22,27-28H2,1H3/b10-9-/t31-,33-/m1/s1. The number of carbonyl (C=O) groups excluding carboxylic acids is 1. The smallest absolute Gasteiger partial charge is 0.223 e. The van der Waals surface area contributed by atoms with E-state index in [9.17, 15) is 4.79 Å². The maximum Gasteiger partial charge on any atom is 0.223 e. The molecule has 2 heteroatoms. The van der Waals surface area contributed by atoms with Crippen LogP contribution in [-0.2, 0) is 4.79 Å². The zero-order valence-electron chi connectivity index (χ0n) is 22.0. The molecule has 2 aromatic rings. The zero-order chi connectivity index (χ0) is 24.6. The summed E-state index contributed by atoms with van der Waals surface area (Å²) in [5, 5.41) is 0. The van der Waals surface area contributed by atoms with Crippen molar-refractivity contribution in [3.63, 3.8) is 0 Å². The van der Waals surface area contributed by atoms with E-state index >= 15 is 0 Å². The van der Waals surface area contributed by atoms with E-state index in [-0.39, 0.29) is 6.04 Å². The third-order valence-electron chi connectivity index (χ3n) is 7.45. The molecule has 2 nitrogen and oxygen atoms in total. The SMILES string of the molecule is CCCCCCCC/C=C\CCCCCCCC(=O)N1C[C@H](c2ccccc2)[C@H]1c1ccccc1. The molecule has 0 N–H and O–H groups in total. The molecule has 1 saturated heterocycles. The van der Waals surface area contributed by atoms with E-state index in [2.05, 4.69) is 84.6 Å². The Labute approximate surface area is 214 Å². The second-order valence-electron chi connectivity index (χ2n) is 10.3. The molecule has 0 bridgehead atoms. The number of likely N-dealkylation sites (tertiary alicyclic amines) is 1. The van der Waals surface area contributed by atoms with Crippen molar-refractivity contribution in [1.82, 2.24) is 4.90 Å². The minimum absolute atomic E-state index is 0.175. The van der Waals surface area contributed by atoms with E-state index in [1.54, 1.807) is 0 Å². The summed E-state index contributed by atoms with van der Waals surface area (Å²) in [4.78, 5) is 15.1. The van der Waals surface area contributed by atoms with Gasteiger partial charge in [-0.3, -0.25) is 4.79 Å². The first-order valence-electron chi connectivity index (χ1n) is 14.4. The van der Waals surface area contributed by atoms with Crippen molar-refractivity contribution in [2.24, 2.45) is 0 Å². The summed E-state index contributed by atoms with van der Waals surface area (Å²) in [5.74, 6) is 0.723. The first-order valence-corrected chi connectivity index (χ1v) is 14.4. The normalized spacial score (nSPS) is 17.6. The van der Waals surface area contributed by atoms with Crippen molar-refractivity contribution < 1.29 is 4.79 Å². The average molecular weight is 474 g/mol. The lowest BCUT2D eigenvalue weighted by molar-refractivity contribution is -0.141. The fraction of sp³-hybridized carbons (Fsp3) is 0.545. The molecule has 0 aliphatic carbocycles. The van der Waals surface area contributed by atoms with E-state index in [4.69, 9.17) is 0 Å². The van der Waals surface area contributed by atoms with E-state index in [1.165, 1.54) is 88.2 Å². The van der Waals surface area contributed by atoms with Gasteiger partial charge in [0.1, 0.15) is 0 Å². The summed E-state index contributed by atoms with van der Waals surface area (Å²) in [5.41, 5.74) is 2.59. The molecule has 1 aliphatic rings. The number of hydrogen-bond donors (Lipinski definition) is 0. The minimum Gasteiger partial charge on any atom is -0.334 e. The number of amides is 1. The molecule has 1 fully saturated rings. The first kappa shape index (κ1) is 27.2. The predicted octanol–water partition coefficient (Wildman–Crippen LogP) is 9.39. The second-order valence-corrected chi connectivity index (χ2v) is 10.3. The molecule has 1 heterocycles. The maximum atomic E-state index is 13.0. The van der Waals surface area contributed by atoms with E-state index in [1.807, 2.05) is 0 Å². The highest BCUT2D eigenvalue weighted by Crippen LogP contribution is 2.45. The van der Waals surface area contributed by atoms with Crippen LogP contribution >= 0.6 is 0 Å². The molecule has 3 rings (SSSR count). The summed E-state index contributed by atoms with van der Waals surface area (Å²) in [6.07, 6.45) is 22.2. The summed E-state index contributed by atoms with van der Waals surface area (Å²) < 4.78 is 0. The van der Waals surface area contributed by atoms with Crippen LogP contribution < -0.4 is 0 Å². The van der Waals surface area contributed by atoms with Crippen molar-refractivity contribution in [2.75, 3.05) is 6.54 Å². The highest BCUT2D eigenvalue weighted by atomic mass is 16.2. The van der Waals surface area contributed by atoms with Gasteiger partial charge < -0.3 is 4.90 Å². The van der Waals surface area contributed by atoms with Gasteiger partial charge in [0.05, 0.1) is 6.04 Å². The zero-order valence-corrected chi connectivity index (χ0v) is 22.0. The molecule has 2 aromatic carbocycles. The highest BCUT2D eigenvalue weighted by molar-refractivity contribution is 5.78. The third kappa shape index (κ3) is 9.32. The van der Waals surface area contributed by atoms with Crippen molar-refractivity contribution in [3.8, 4) is 0 Å². The van der Waals surface area contributed by atoms with Crippen LogP contribution in [0.5, 0.6) is 0 Å². The Morgan fingerprint density at radius 1 is 0.714 bits per heavy atom. The Balaban J connectivity index is 1.28. The summed E-state index contributed by atoms with van der Waals surface area (Å²) >= 11 is 0. The van der Waals surface area contributed by atoms with Gasteiger partial charge in [-0.2, -0.15) is 0 Å². The molecular formula is C33H47NO. The molecule has 0 aromatic heterocycles. The number of benzene rings is 2. The Hall–Kier alpha value is -2.35. The lowest BCUT2D eigenvalue weighted by atomic mass is 9.78. The molecule has 190 valence electrons. The fourth-order valence-corrected chi connectivity index (χ4v) is 5.30. The fourth-order valence-electron chi connectivity index (χ4n) is 5.30. The van der Waals surface area contributed by atoms with Gasteiger partial charge in [0.15, 0.2) is 0 Å². The Bertz CT molecular complexity index is 844. The van der Waals surface area contributed by atoms with Gasteiger partial charge in [-0.15, -0.1) is 0 Å². The van der Waals surface area contributed by atoms with Gasteiger partial charge in [-0.05, 0) is 43.2 Å². The number of nitrogens with zero attached hydrogens (tertiary/aromatic N) is 1. The Morgan fingerprint density at radius 2 is 1.23 bits per heavy atom. The molecule has 0 saturated carbocycles. The number of carbonyl (C=O) groups is 1. The van der Waals surface area contributed by atoms with Gasteiger partial charge in [0.2, 0.25) is 5.91 Å². The van der Waals surface area contributed by atoms with Crippen LogP contribution in [0.2, 0.25) is 0 Å². The van der Waals surface area contributed by atoms with E-state index < -0.39 is 0 Å². The van der Waals surface area contributed by atoms with Gasteiger partial charge in [0, 0.05) is 18.9 Å². The van der Waals surface area contributed by atoms with Gasteiger partial charge >= 0.3 is 0 Å². The van der Waals surface area contributed by atoms with Crippen LogP contribution in [0.25, 0.3) is 0 Å². The molecule has 0 unspecified atom stereocenters. The van der Waals surface area contributed by atoms with Crippen molar-refractivity contribution >= 4 is 5.91 Å². The number of unbranched alkanes of at least 4 members (excludes halogenated alkanes) is 11. The molecule has 0 radical (unpaired) electrons. The van der Waals surface area contributed by atoms with E-state index in [0.29, 0.717) is 18.2 Å². The largest absolute Gasteiger partial charge is 0.334 e. The summed E-state index contributed by atoms with van der Waals surface area (Å²) in [6, 6.07) is 21.4. The van der Waals surface area contributed by atoms with Crippen molar-refractivity contribution in [1.29, 1.82) is 0 Å². The lowest BCUT2D eigenvalue weighted by Gasteiger charge is -2.49. The molecule has 1 aliphatic heterocycles. The van der Waals surface area contributed by atoms with Crippen LogP contribution in [0.3, 0.4) is 0 Å². The van der Waals surface area contributed by atoms with Gasteiger partial charge in [0.25, 0.3) is 0 Å². The molecule has 2 atom stereocenters. The van der Waals surface area contributed by atoms with E-state index in [0.717, 1.165) is 13.0 Å². The number of hydrogen-bond acceptors (Lipinski definition) is 1. The molecule has 1 amide bonds. The summed E-state index contributed by atoms with van der Waals surface area (Å²) in [6.45, 7) is 3.12. The molecule has 35 heavy (non-hydrogen) atoms. The average Bonchev–Trinajstić information content (AvgIpc) is 2.87. The Kier molecular flexibility index (Phi) is 12.7. The lowest BCUT2D eigenvalue weighted by Crippen LogP contribution is -2.51. The van der Waals surface area contributed by atoms with Gasteiger partial charge in [-0.1, -0.05) is 131 Å². The highest BCUT2D eigenvalue weighted by Gasteiger charge is 2.42. The van der Waals surface area contributed by atoms with Crippen LogP contribution in [0.15, 0.2) is 72.8 Å². The predicted molar refractivity (Wildman–Crippen MR) is 150 cm³/mol. The third-order valence-corrected chi connectivity index (χ3v) is 7.45. The van der Waals surface area contributed by atoms with Crippen LogP contribution in [0, 0.1) is 0 Å². The second kappa shape index (κ2) is 16.3. The van der Waals surface area contributed by atoms with Crippen LogP contribution in [0.4, 0.5) is 0 Å².